The molecule has 19 heavy (non-hydrogen) atoms. The highest BCUT2D eigenvalue weighted by atomic mass is 16.4. The quantitative estimate of drug-likeness (QED) is 0.475. The molecule has 3 unspecified atom stereocenters. The van der Waals surface area contributed by atoms with Crippen LogP contribution in [0.3, 0.4) is 0 Å². The van der Waals surface area contributed by atoms with Gasteiger partial charge in [0.25, 0.3) is 0 Å². The van der Waals surface area contributed by atoms with E-state index in [0.717, 1.165) is 32.1 Å². The van der Waals surface area contributed by atoms with Crippen LogP contribution in [0, 0.1) is 17.8 Å². The van der Waals surface area contributed by atoms with Crippen molar-refractivity contribution in [1.82, 2.24) is 0 Å². The molecule has 0 aromatic rings. The lowest BCUT2D eigenvalue weighted by Gasteiger charge is -2.26. The van der Waals surface area contributed by atoms with Crippen molar-refractivity contribution in [3.05, 3.63) is 0 Å². The molecule has 114 valence electrons. The average Bonchev–Trinajstić information content (AvgIpc) is 2.36. The van der Waals surface area contributed by atoms with E-state index in [9.17, 15) is 9.90 Å². The monoisotopic (exact) mass is 270 g/mol. The molecule has 0 aromatic carbocycles. The average molecular weight is 270 g/mol. The van der Waals surface area contributed by atoms with Crippen LogP contribution in [0.25, 0.3) is 0 Å². The highest BCUT2D eigenvalue weighted by Gasteiger charge is 2.24. The van der Waals surface area contributed by atoms with E-state index in [4.69, 9.17) is 0 Å². The van der Waals surface area contributed by atoms with Gasteiger partial charge in [-0.05, 0) is 24.7 Å². The Labute approximate surface area is 120 Å². The molecule has 0 amide bonds. The number of hydrogen-bond donors (Lipinski definition) is 1. The van der Waals surface area contributed by atoms with E-state index in [2.05, 4.69) is 27.7 Å². The molecule has 3 atom stereocenters. The van der Waals surface area contributed by atoms with E-state index in [0.29, 0.717) is 11.8 Å². The summed E-state index contributed by atoms with van der Waals surface area (Å²) in [6.07, 6.45) is 9.91. The number of unbranched alkanes of at least 4 members (excludes halogenated alkanes) is 2. The predicted molar refractivity (Wildman–Crippen MR) is 82.4 cm³/mol. The third-order valence-electron chi connectivity index (χ3n) is 4.30. The SMILES string of the molecule is CCCCCC(CC(CCC)C(C)CCC)C(=O)O. The van der Waals surface area contributed by atoms with Gasteiger partial charge in [0.05, 0.1) is 5.92 Å². The van der Waals surface area contributed by atoms with Gasteiger partial charge in [0.2, 0.25) is 0 Å². The van der Waals surface area contributed by atoms with Crippen LogP contribution in [-0.2, 0) is 4.79 Å². The Morgan fingerprint density at radius 1 is 0.947 bits per heavy atom. The Morgan fingerprint density at radius 3 is 2.05 bits per heavy atom. The van der Waals surface area contributed by atoms with Gasteiger partial charge >= 0.3 is 5.97 Å². The molecular formula is C17H34O2. The van der Waals surface area contributed by atoms with Gasteiger partial charge in [-0.1, -0.05) is 72.6 Å². The lowest BCUT2D eigenvalue weighted by Crippen LogP contribution is -2.22. The fourth-order valence-corrected chi connectivity index (χ4v) is 3.04. The van der Waals surface area contributed by atoms with Crippen LogP contribution >= 0.6 is 0 Å². The minimum absolute atomic E-state index is 0.123. The maximum absolute atomic E-state index is 11.4. The molecule has 2 heteroatoms. The van der Waals surface area contributed by atoms with Gasteiger partial charge in [0.1, 0.15) is 0 Å². The molecule has 0 saturated heterocycles. The third-order valence-corrected chi connectivity index (χ3v) is 4.30. The summed E-state index contributed by atoms with van der Waals surface area (Å²) < 4.78 is 0. The van der Waals surface area contributed by atoms with E-state index in [-0.39, 0.29) is 5.92 Å². The number of carboxylic acids is 1. The van der Waals surface area contributed by atoms with Crippen molar-refractivity contribution in [2.75, 3.05) is 0 Å². The van der Waals surface area contributed by atoms with Crippen molar-refractivity contribution in [2.24, 2.45) is 17.8 Å². The maximum Gasteiger partial charge on any atom is 0.306 e. The lowest BCUT2D eigenvalue weighted by molar-refractivity contribution is -0.142. The van der Waals surface area contributed by atoms with Gasteiger partial charge in [-0.3, -0.25) is 4.79 Å². The van der Waals surface area contributed by atoms with Crippen LogP contribution in [0.15, 0.2) is 0 Å². The Morgan fingerprint density at radius 2 is 1.58 bits per heavy atom. The van der Waals surface area contributed by atoms with Crippen LogP contribution in [0.4, 0.5) is 0 Å². The Bertz CT molecular complexity index is 225. The molecule has 0 spiro atoms. The summed E-state index contributed by atoms with van der Waals surface area (Å²) in [6, 6.07) is 0. The van der Waals surface area contributed by atoms with Crippen molar-refractivity contribution >= 4 is 5.97 Å². The number of carboxylic acid groups (broad SMARTS) is 1. The zero-order valence-corrected chi connectivity index (χ0v) is 13.5. The minimum Gasteiger partial charge on any atom is -0.481 e. The second kappa shape index (κ2) is 11.3. The van der Waals surface area contributed by atoms with Gasteiger partial charge in [0, 0.05) is 0 Å². The molecule has 0 rings (SSSR count). The van der Waals surface area contributed by atoms with Gasteiger partial charge in [-0.25, -0.2) is 0 Å². The third kappa shape index (κ3) is 8.28. The fraction of sp³-hybridized carbons (Fsp3) is 0.941. The standard InChI is InChI=1S/C17H34O2/c1-5-8-9-12-16(17(18)19)13-15(11-7-3)14(4)10-6-2/h14-16H,5-13H2,1-4H3,(H,18,19). The zero-order chi connectivity index (χ0) is 14.7. The van der Waals surface area contributed by atoms with Crippen LogP contribution in [0.2, 0.25) is 0 Å². The zero-order valence-electron chi connectivity index (χ0n) is 13.5. The van der Waals surface area contributed by atoms with Crippen LogP contribution in [0.1, 0.15) is 85.5 Å². The first-order valence-corrected chi connectivity index (χ1v) is 8.29. The first-order valence-electron chi connectivity index (χ1n) is 8.29. The van der Waals surface area contributed by atoms with Crippen molar-refractivity contribution < 1.29 is 9.90 Å². The summed E-state index contributed by atoms with van der Waals surface area (Å²) in [5.41, 5.74) is 0. The Hall–Kier alpha value is -0.530. The van der Waals surface area contributed by atoms with Crippen molar-refractivity contribution in [3.8, 4) is 0 Å². The highest BCUT2D eigenvalue weighted by molar-refractivity contribution is 5.69. The van der Waals surface area contributed by atoms with E-state index >= 15 is 0 Å². The fourth-order valence-electron chi connectivity index (χ4n) is 3.04. The van der Waals surface area contributed by atoms with Gasteiger partial charge in [-0.2, -0.15) is 0 Å². The Balaban J connectivity index is 4.42. The molecule has 0 aliphatic rings. The van der Waals surface area contributed by atoms with E-state index in [1.165, 1.54) is 25.7 Å². The summed E-state index contributed by atoms with van der Waals surface area (Å²) >= 11 is 0. The molecule has 0 heterocycles. The molecule has 0 bridgehead atoms. The molecule has 0 aromatic heterocycles. The summed E-state index contributed by atoms with van der Waals surface area (Å²) in [4.78, 5) is 11.4. The molecular weight excluding hydrogens is 236 g/mol. The smallest absolute Gasteiger partial charge is 0.306 e. The molecule has 0 fully saturated rings. The largest absolute Gasteiger partial charge is 0.481 e. The molecule has 2 nitrogen and oxygen atoms in total. The number of aliphatic carboxylic acids is 1. The number of hydrogen-bond acceptors (Lipinski definition) is 1. The van der Waals surface area contributed by atoms with Crippen LogP contribution < -0.4 is 0 Å². The van der Waals surface area contributed by atoms with E-state index < -0.39 is 5.97 Å². The van der Waals surface area contributed by atoms with E-state index in [1.807, 2.05) is 0 Å². The van der Waals surface area contributed by atoms with Crippen LogP contribution in [0.5, 0.6) is 0 Å². The molecule has 0 aliphatic carbocycles. The van der Waals surface area contributed by atoms with Crippen molar-refractivity contribution in [2.45, 2.75) is 85.5 Å². The molecule has 0 saturated carbocycles. The first kappa shape index (κ1) is 18.5. The molecule has 0 radical (unpaired) electrons. The van der Waals surface area contributed by atoms with Crippen molar-refractivity contribution in [1.29, 1.82) is 0 Å². The normalized spacial score (nSPS) is 16.0. The van der Waals surface area contributed by atoms with Gasteiger partial charge < -0.3 is 5.11 Å². The van der Waals surface area contributed by atoms with Gasteiger partial charge in [-0.15, -0.1) is 0 Å². The summed E-state index contributed by atoms with van der Waals surface area (Å²) in [5.74, 6) is 0.550. The molecule has 0 aliphatic heterocycles. The maximum atomic E-state index is 11.4. The van der Waals surface area contributed by atoms with Crippen molar-refractivity contribution in [3.63, 3.8) is 0 Å². The summed E-state index contributed by atoms with van der Waals surface area (Å²) in [5, 5.41) is 9.40. The Kier molecular flexibility index (Phi) is 11.0. The summed E-state index contributed by atoms with van der Waals surface area (Å²) in [7, 11) is 0. The predicted octanol–water partition coefficient (Wildman–Crippen LogP) is 5.51. The minimum atomic E-state index is -0.582. The summed E-state index contributed by atoms with van der Waals surface area (Å²) in [6.45, 7) is 8.89. The first-order chi connectivity index (χ1) is 9.06. The molecule has 1 N–H and O–H groups in total. The second-order valence-electron chi connectivity index (χ2n) is 6.08. The highest BCUT2D eigenvalue weighted by Crippen LogP contribution is 2.30. The number of carbonyl (C=O) groups is 1. The van der Waals surface area contributed by atoms with E-state index in [1.54, 1.807) is 0 Å². The van der Waals surface area contributed by atoms with Crippen LogP contribution in [-0.4, -0.2) is 11.1 Å². The topological polar surface area (TPSA) is 37.3 Å². The number of rotatable bonds is 12. The van der Waals surface area contributed by atoms with Gasteiger partial charge in [0.15, 0.2) is 0 Å². The lowest BCUT2D eigenvalue weighted by atomic mass is 9.79. The second-order valence-corrected chi connectivity index (χ2v) is 6.08.